The normalized spacial score (nSPS) is 11.7. The highest BCUT2D eigenvalue weighted by atomic mass is 127. The van der Waals surface area contributed by atoms with Gasteiger partial charge in [-0.15, -0.1) is 0 Å². The summed E-state index contributed by atoms with van der Waals surface area (Å²) < 4.78 is 54.6. The van der Waals surface area contributed by atoms with Gasteiger partial charge in [-0.05, 0) is 45.9 Å². The Morgan fingerprint density at radius 1 is 0.917 bits per heavy atom. The second-order valence-corrected chi connectivity index (χ2v) is 6.40. The second-order valence-electron chi connectivity index (χ2n) is 5.32. The van der Waals surface area contributed by atoms with Crippen molar-refractivity contribution < 1.29 is 17.6 Å². The Bertz CT molecular complexity index is 836. The Kier molecular flexibility index (Phi) is 4.67. The van der Waals surface area contributed by atoms with Crippen molar-refractivity contribution in [3.63, 3.8) is 0 Å². The van der Waals surface area contributed by atoms with Gasteiger partial charge in [-0.3, -0.25) is 0 Å². The lowest BCUT2D eigenvalue weighted by atomic mass is 10.1. The fourth-order valence-corrected chi connectivity index (χ4v) is 3.59. The molecule has 0 spiro atoms. The number of nitrogens with zero attached hydrogens (tertiary/aromatic N) is 1. The highest BCUT2D eigenvalue weighted by molar-refractivity contribution is 14.1. The zero-order chi connectivity index (χ0) is 17.3. The van der Waals surface area contributed by atoms with Crippen LogP contribution in [0.25, 0.3) is 11.3 Å². The molecule has 0 fully saturated rings. The number of alkyl halides is 3. The van der Waals surface area contributed by atoms with Crippen LogP contribution in [0.3, 0.4) is 0 Å². The van der Waals surface area contributed by atoms with Gasteiger partial charge in [0.15, 0.2) is 0 Å². The Labute approximate surface area is 150 Å². The van der Waals surface area contributed by atoms with Crippen LogP contribution in [0.1, 0.15) is 11.1 Å². The molecule has 0 radical (unpaired) electrons. The van der Waals surface area contributed by atoms with E-state index >= 15 is 0 Å². The van der Waals surface area contributed by atoms with E-state index in [4.69, 9.17) is 0 Å². The van der Waals surface area contributed by atoms with E-state index in [2.05, 4.69) is 0 Å². The molecule has 1 nitrogen and oxygen atoms in total. The molecule has 0 unspecified atom stereocenters. The highest BCUT2D eigenvalue weighted by Gasteiger charge is 2.36. The molecule has 3 rings (SSSR count). The summed E-state index contributed by atoms with van der Waals surface area (Å²) >= 11 is 1.74. The second kappa shape index (κ2) is 6.58. The monoisotopic (exact) mass is 445 g/mol. The quantitative estimate of drug-likeness (QED) is 0.346. The summed E-state index contributed by atoms with van der Waals surface area (Å²) in [6.07, 6.45) is -3.30. The molecule has 1 aromatic heterocycles. The topological polar surface area (TPSA) is 4.93 Å². The lowest BCUT2D eigenvalue weighted by Crippen LogP contribution is -2.05. The van der Waals surface area contributed by atoms with E-state index in [-0.39, 0.29) is 15.9 Å². The Balaban J connectivity index is 2.11. The van der Waals surface area contributed by atoms with Crippen LogP contribution in [0.5, 0.6) is 0 Å². The van der Waals surface area contributed by atoms with Gasteiger partial charge in [0, 0.05) is 12.7 Å². The molecule has 0 aliphatic rings. The van der Waals surface area contributed by atoms with Crippen LogP contribution in [-0.2, 0) is 12.7 Å². The predicted octanol–water partition coefficient (Wildman–Crippen LogP) is 5.97. The largest absolute Gasteiger partial charge is 0.418 e. The van der Waals surface area contributed by atoms with Crippen LogP contribution >= 0.6 is 22.6 Å². The van der Waals surface area contributed by atoms with E-state index in [1.807, 2.05) is 6.07 Å². The molecule has 0 aliphatic carbocycles. The van der Waals surface area contributed by atoms with Crippen molar-refractivity contribution in [2.75, 3.05) is 0 Å². The third-order valence-electron chi connectivity index (χ3n) is 3.64. The average Bonchev–Trinajstić information content (AvgIpc) is 2.87. The molecule has 2 aromatic carbocycles. The summed E-state index contributed by atoms with van der Waals surface area (Å²) in [5, 5.41) is 0. The van der Waals surface area contributed by atoms with Crippen molar-refractivity contribution in [2.45, 2.75) is 12.7 Å². The maximum atomic E-state index is 13.3. The van der Waals surface area contributed by atoms with E-state index in [0.29, 0.717) is 11.3 Å². The van der Waals surface area contributed by atoms with Gasteiger partial charge in [-0.25, -0.2) is 4.39 Å². The molecule has 0 N–H and O–H groups in total. The third-order valence-corrected chi connectivity index (χ3v) is 4.73. The summed E-state index contributed by atoms with van der Waals surface area (Å²) in [7, 11) is 0. The SMILES string of the molecule is Fc1ccc(Cn2cc(C(F)(F)F)c(I)c2-c2ccccc2)cc1. The molecule has 0 bridgehead atoms. The fourth-order valence-electron chi connectivity index (χ4n) is 2.53. The minimum atomic E-state index is -4.42. The first kappa shape index (κ1) is 17.0. The lowest BCUT2D eigenvalue weighted by Gasteiger charge is -2.10. The first-order chi connectivity index (χ1) is 11.4. The number of hydrogen-bond acceptors (Lipinski definition) is 0. The first-order valence-electron chi connectivity index (χ1n) is 7.12. The van der Waals surface area contributed by atoms with Gasteiger partial charge < -0.3 is 4.57 Å². The molecule has 0 saturated carbocycles. The van der Waals surface area contributed by atoms with Gasteiger partial charge in [-0.2, -0.15) is 13.2 Å². The van der Waals surface area contributed by atoms with Crippen LogP contribution < -0.4 is 0 Å². The van der Waals surface area contributed by atoms with Gasteiger partial charge >= 0.3 is 6.18 Å². The van der Waals surface area contributed by atoms with Crippen LogP contribution in [0.4, 0.5) is 17.6 Å². The molecule has 0 amide bonds. The minimum Gasteiger partial charge on any atom is -0.342 e. The van der Waals surface area contributed by atoms with Crippen LogP contribution in [0.2, 0.25) is 0 Å². The van der Waals surface area contributed by atoms with Crippen molar-refractivity contribution >= 4 is 22.6 Å². The first-order valence-corrected chi connectivity index (χ1v) is 8.20. The number of aromatic nitrogens is 1. The third kappa shape index (κ3) is 3.48. The van der Waals surface area contributed by atoms with Crippen molar-refractivity contribution in [2.24, 2.45) is 0 Å². The predicted molar refractivity (Wildman–Crippen MR) is 93.1 cm³/mol. The van der Waals surface area contributed by atoms with E-state index in [1.54, 1.807) is 63.6 Å². The summed E-state index contributed by atoms with van der Waals surface area (Å²) in [6, 6.07) is 14.7. The van der Waals surface area contributed by atoms with E-state index in [1.165, 1.54) is 12.1 Å². The summed E-state index contributed by atoms with van der Waals surface area (Å²) in [6.45, 7) is 0.233. The molecule has 1 heterocycles. The minimum absolute atomic E-state index is 0.161. The van der Waals surface area contributed by atoms with Crippen molar-refractivity contribution in [3.05, 3.63) is 81.3 Å². The van der Waals surface area contributed by atoms with E-state index in [9.17, 15) is 17.6 Å². The van der Waals surface area contributed by atoms with Crippen molar-refractivity contribution in [3.8, 4) is 11.3 Å². The standard InChI is InChI=1S/C18H12F4IN/c19-14-8-6-12(7-9-14)10-24-11-15(18(20,21)22)16(23)17(24)13-4-2-1-3-5-13/h1-9,11H,10H2. The maximum absolute atomic E-state index is 13.3. The molecule has 0 aliphatic heterocycles. The average molecular weight is 445 g/mol. The Hall–Kier alpha value is -1.83. The lowest BCUT2D eigenvalue weighted by molar-refractivity contribution is -0.138. The molecule has 0 saturated heterocycles. The summed E-state index contributed by atoms with van der Waals surface area (Å²) in [4.78, 5) is 0. The number of hydrogen-bond donors (Lipinski definition) is 0. The van der Waals surface area contributed by atoms with Gasteiger partial charge in [0.05, 0.1) is 14.8 Å². The van der Waals surface area contributed by atoms with Gasteiger partial charge in [0.25, 0.3) is 0 Å². The Morgan fingerprint density at radius 3 is 2.12 bits per heavy atom. The van der Waals surface area contributed by atoms with Gasteiger partial charge in [0.2, 0.25) is 0 Å². The van der Waals surface area contributed by atoms with Crippen molar-refractivity contribution in [1.29, 1.82) is 0 Å². The Morgan fingerprint density at radius 2 is 1.54 bits per heavy atom. The molecule has 124 valence electrons. The molecular weight excluding hydrogens is 433 g/mol. The molecule has 6 heteroatoms. The zero-order valence-electron chi connectivity index (χ0n) is 12.3. The summed E-state index contributed by atoms with van der Waals surface area (Å²) in [5.74, 6) is -0.375. The maximum Gasteiger partial charge on any atom is 0.418 e. The van der Waals surface area contributed by atoms with E-state index in [0.717, 1.165) is 11.8 Å². The van der Waals surface area contributed by atoms with Crippen LogP contribution in [0.15, 0.2) is 60.8 Å². The van der Waals surface area contributed by atoms with Gasteiger partial charge in [0.1, 0.15) is 5.82 Å². The molecule has 24 heavy (non-hydrogen) atoms. The van der Waals surface area contributed by atoms with E-state index < -0.39 is 11.7 Å². The summed E-state index contributed by atoms with van der Waals surface area (Å²) in [5.41, 5.74) is 1.28. The molecular formula is C18H12F4IN. The number of halogens is 5. The highest BCUT2D eigenvalue weighted by Crippen LogP contribution is 2.39. The fraction of sp³-hybridized carbons (Fsp3) is 0.111. The zero-order valence-corrected chi connectivity index (χ0v) is 14.5. The smallest absolute Gasteiger partial charge is 0.342 e. The molecule has 3 aromatic rings. The van der Waals surface area contributed by atoms with Crippen LogP contribution in [-0.4, -0.2) is 4.57 Å². The van der Waals surface area contributed by atoms with Crippen molar-refractivity contribution in [1.82, 2.24) is 4.57 Å². The van der Waals surface area contributed by atoms with Crippen LogP contribution in [0, 0.1) is 9.39 Å². The number of benzene rings is 2. The van der Waals surface area contributed by atoms with Gasteiger partial charge in [-0.1, -0.05) is 42.5 Å². The molecule has 0 atom stereocenters. The number of rotatable bonds is 3.